The number of halogens is 2. The second-order valence-electron chi connectivity index (χ2n) is 5.25. The van der Waals surface area contributed by atoms with Gasteiger partial charge in [0.15, 0.2) is 0 Å². The normalized spacial score (nSPS) is 11.4. The molecule has 0 spiro atoms. The molecule has 1 aromatic heterocycles. The van der Waals surface area contributed by atoms with Crippen LogP contribution in [0, 0.1) is 5.92 Å². The Bertz CT molecular complexity index is 390. The van der Waals surface area contributed by atoms with E-state index < -0.39 is 0 Å². The minimum atomic E-state index is 0.352. The van der Waals surface area contributed by atoms with E-state index in [0.29, 0.717) is 22.9 Å². The number of nitrogens with zero attached hydrogens (tertiary/aromatic N) is 2. The molecule has 1 aromatic rings. The predicted octanol–water partition coefficient (Wildman–Crippen LogP) is 5.12. The minimum absolute atomic E-state index is 0.352. The van der Waals surface area contributed by atoms with Crippen molar-refractivity contribution in [1.29, 1.82) is 0 Å². The first kappa shape index (κ1) is 16.6. The molecule has 19 heavy (non-hydrogen) atoms. The zero-order chi connectivity index (χ0) is 14.4. The number of anilines is 1. The van der Waals surface area contributed by atoms with Crippen molar-refractivity contribution in [3.63, 3.8) is 0 Å². The van der Waals surface area contributed by atoms with Crippen LogP contribution < -0.4 is 4.90 Å². The molecular formula is C15H24Cl2N2. The first-order chi connectivity index (χ1) is 9.03. The van der Waals surface area contributed by atoms with Crippen LogP contribution in [-0.2, 0) is 5.88 Å². The molecule has 0 N–H and O–H groups in total. The monoisotopic (exact) mass is 302 g/mol. The Morgan fingerprint density at radius 3 is 2.32 bits per heavy atom. The fraction of sp³-hybridized carbons (Fsp3) is 0.667. The van der Waals surface area contributed by atoms with Crippen LogP contribution in [0.2, 0.25) is 5.02 Å². The van der Waals surface area contributed by atoms with E-state index in [2.05, 4.69) is 37.6 Å². The Kier molecular flexibility index (Phi) is 6.95. The SMILES string of the molecule is CCC(CC)N(CC(C)C)c1ccc(Cl)c(CCl)n1. The molecule has 0 radical (unpaired) electrons. The third kappa shape index (κ3) is 4.54. The summed E-state index contributed by atoms with van der Waals surface area (Å²) in [7, 11) is 0. The van der Waals surface area contributed by atoms with Crippen molar-refractivity contribution < 1.29 is 0 Å². The van der Waals surface area contributed by atoms with Crippen molar-refractivity contribution in [3.05, 3.63) is 22.8 Å². The minimum Gasteiger partial charge on any atom is -0.353 e. The Hall–Kier alpha value is -0.470. The molecule has 0 fully saturated rings. The molecule has 0 saturated carbocycles. The maximum absolute atomic E-state index is 6.09. The molecule has 1 heterocycles. The summed E-state index contributed by atoms with van der Waals surface area (Å²) in [6.07, 6.45) is 2.23. The molecular weight excluding hydrogens is 279 g/mol. The van der Waals surface area contributed by atoms with Gasteiger partial charge in [0, 0.05) is 12.6 Å². The van der Waals surface area contributed by atoms with Gasteiger partial charge in [0.1, 0.15) is 5.82 Å². The molecule has 0 aliphatic heterocycles. The lowest BCUT2D eigenvalue weighted by Gasteiger charge is -2.33. The van der Waals surface area contributed by atoms with E-state index in [9.17, 15) is 0 Å². The third-order valence-electron chi connectivity index (χ3n) is 3.27. The van der Waals surface area contributed by atoms with E-state index in [1.54, 1.807) is 0 Å². The molecule has 4 heteroatoms. The fourth-order valence-electron chi connectivity index (χ4n) is 2.28. The summed E-state index contributed by atoms with van der Waals surface area (Å²) >= 11 is 12.0. The number of hydrogen-bond donors (Lipinski definition) is 0. The average Bonchev–Trinajstić information content (AvgIpc) is 2.39. The number of aromatic nitrogens is 1. The van der Waals surface area contributed by atoms with Crippen LogP contribution in [0.3, 0.4) is 0 Å². The van der Waals surface area contributed by atoms with Gasteiger partial charge in [-0.15, -0.1) is 11.6 Å². The van der Waals surface area contributed by atoms with Crippen molar-refractivity contribution in [1.82, 2.24) is 4.98 Å². The Morgan fingerprint density at radius 2 is 1.84 bits per heavy atom. The number of rotatable bonds is 7. The topological polar surface area (TPSA) is 16.1 Å². The second kappa shape index (κ2) is 7.96. The zero-order valence-corrected chi connectivity index (χ0v) is 13.8. The maximum Gasteiger partial charge on any atom is 0.129 e. The summed E-state index contributed by atoms with van der Waals surface area (Å²) in [5.41, 5.74) is 0.764. The lowest BCUT2D eigenvalue weighted by Crippen LogP contribution is -2.38. The third-order valence-corrected chi connectivity index (χ3v) is 3.87. The van der Waals surface area contributed by atoms with Crippen LogP contribution in [-0.4, -0.2) is 17.6 Å². The summed E-state index contributed by atoms with van der Waals surface area (Å²) in [6.45, 7) is 9.91. The van der Waals surface area contributed by atoms with Crippen LogP contribution >= 0.6 is 23.2 Å². The van der Waals surface area contributed by atoms with Gasteiger partial charge in [-0.25, -0.2) is 4.98 Å². The van der Waals surface area contributed by atoms with Crippen LogP contribution in [0.15, 0.2) is 12.1 Å². The van der Waals surface area contributed by atoms with E-state index in [1.165, 1.54) is 0 Å². The summed E-state index contributed by atoms with van der Waals surface area (Å²) in [5, 5.41) is 0.646. The van der Waals surface area contributed by atoms with Gasteiger partial charge >= 0.3 is 0 Å². The predicted molar refractivity (Wildman–Crippen MR) is 85.4 cm³/mol. The van der Waals surface area contributed by atoms with Crippen LogP contribution in [0.4, 0.5) is 5.82 Å². The van der Waals surface area contributed by atoms with Gasteiger partial charge in [-0.05, 0) is 30.9 Å². The lowest BCUT2D eigenvalue weighted by molar-refractivity contribution is 0.503. The maximum atomic E-state index is 6.09. The molecule has 2 nitrogen and oxygen atoms in total. The van der Waals surface area contributed by atoms with E-state index in [4.69, 9.17) is 23.2 Å². The molecule has 0 bridgehead atoms. The van der Waals surface area contributed by atoms with E-state index in [-0.39, 0.29) is 0 Å². The largest absolute Gasteiger partial charge is 0.353 e. The average molecular weight is 303 g/mol. The van der Waals surface area contributed by atoms with Gasteiger partial charge in [0.25, 0.3) is 0 Å². The molecule has 0 aromatic carbocycles. The van der Waals surface area contributed by atoms with Gasteiger partial charge in [-0.2, -0.15) is 0 Å². The molecule has 0 amide bonds. The molecule has 108 valence electrons. The van der Waals surface area contributed by atoms with Crippen molar-refractivity contribution in [2.45, 2.75) is 52.5 Å². The Balaban J connectivity index is 3.08. The van der Waals surface area contributed by atoms with Gasteiger partial charge in [0.05, 0.1) is 16.6 Å². The Labute approximate surface area is 127 Å². The summed E-state index contributed by atoms with van der Waals surface area (Å²) in [6, 6.07) is 4.41. The van der Waals surface area contributed by atoms with Crippen LogP contribution in [0.25, 0.3) is 0 Å². The highest BCUT2D eigenvalue weighted by Crippen LogP contribution is 2.24. The van der Waals surface area contributed by atoms with E-state index >= 15 is 0 Å². The quantitative estimate of drug-likeness (QED) is 0.650. The molecule has 1 rings (SSSR count). The van der Waals surface area contributed by atoms with Gasteiger partial charge in [0.2, 0.25) is 0 Å². The standard InChI is InChI=1S/C15H24Cl2N2/c1-5-12(6-2)19(10-11(3)4)15-8-7-13(17)14(9-16)18-15/h7-8,11-12H,5-6,9-10H2,1-4H3. The number of hydrogen-bond acceptors (Lipinski definition) is 2. The van der Waals surface area contributed by atoms with Crippen molar-refractivity contribution in [2.75, 3.05) is 11.4 Å². The molecule has 0 aliphatic carbocycles. The molecule has 0 atom stereocenters. The molecule has 0 saturated heterocycles. The first-order valence-electron chi connectivity index (χ1n) is 7.01. The Morgan fingerprint density at radius 1 is 1.21 bits per heavy atom. The zero-order valence-electron chi connectivity index (χ0n) is 12.3. The smallest absolute Gasteiger partial charge is 0.129 e. The van der Waals surface area contributed by atoms with E-state index in [0.717, 1.165) is 30.9 Å². The van der Waals surface area contributed by atoms with Crippen molar-refractivity contribution >= 4 is 29.0 Å². The van der Waals surface area contributed by atoms with Crippen molar-refractivity contribution in [3.8, 4) is 0 Å². The number of pyridine rings is 1. The van der Waals surface area contributed by atoms with Gasteiger partial charge in [-0.1, -0.05) is 39.3 Å². The van der Waals surface area contributed by atoms with Gasteiger partial charge in [-0.3, -0.25) is 0 Å². The van der Waals surface area contributed by atoms with Crippen LogP contribution in [0.5, 0.6) is 0 Å². The molecule has 0 aliphatic rings. The highest BCUT2D eigenvalue weighted by molar-refractivity contribution is 6.32. The van der Waals surface area contributed by atoms with Crippen molar-refractivity contribution in [2.24, 2.45) is 5.92 Å². The first-order valence-corrected chi connectivity index (χ1v) is 7.92. The van der Waals surface area contributed by atoms with Gasteiger partial charge < -0.3 is 4.90 Å². The second-order valence-corrected chi connectivity index (χ2v) is 5.92. The van der Waals surface area contributed by atoms with Crippen LogP contribution in [0.1, 0.15) is 46.2 Å². The summed E-state index contributed by atoms with van der Waals surface area (Å²) in [5.74, 6) is 1.94. The highest BCUT2D eigenvalue weighted by atomic mass is 35.5. The lowest BCUT2D eigenvalue weighted by atomic mass is 10.1. The summed E-state index contributed by atoms with van der Waals surface area (Å²) < 4.78 is 0. The summed E-state index contributed by atoms with van der Waals surface area (Å²) in [4.78, 5) is 7.01. The molecule has 0 unspecified atom stereocenters. The number of alkyl halides is 1. The fourth-order valence-corrected chi connectivity index (χ4v) is 2.72. The highest BCUT2D eigenvalue weighted by Gasteiger charge is 2.19. The van der Waals surface area contributed by atoms with E-state index in [1.807, 2.05) is 12.1 Å².